The second kappa shape index (κ2) is 6.95. The van der Waals surface area contributed by atoms with Gasteiger partial charge in [-0.15, -0.1) is 0 Å². The normalized spacial score (nSPS) is 16.7. The first kappa shape index (κ1) is 16.3. The summed E-state index contributed by atoms with van der Waals surface area (Å²) in [5.74, 6) is 0.638. The van der Waals surface area contributed by atoms with Crippen molar-refractivity contribution < 1.29 is 4.79 Å². The molecule has 1 N–H and O–H groups in total. The smallest absolute Gasteiger partial charge is 0.317 e. The lowest BCUT2D eigenvalue weighted by Crippen LogP contribution is -2.34. The van der Waals surface area contributed by atoms with E-state index in [9.17, 15) is 4.79 Å². The Morgan fingerprint density at radius 2 is 2.08 bits per heavy atom. The van der Waals surface area contributed by atoms with E-state index < -0.39 is 0 Å². The summed E-state index contributed by atoms with van der Waals surface area (Å²) in [7, 11) is 1.83. The van der Waals surface area contributed by atoms with Gasteiger partial charge in [-0.05, 0) is 42.7 Å². The summed E-state index contributed by atoms with van der Waals surface area (Å²) in [6, 6.07) is 11.6. The maximum Gasteiger partial charge on any atom is 0.322 e. The molecule has 4 rings (SSSR count). The highest BCUT2D eigenvalue weighted by atomic mass is 16.2. The van der Waals surface area contributed by atoms with E-state index in [0.717, 1.165) is 36.2 Å². The Hall–Kier alpha value is -3.22. The van der Waals surface area contributed by atoms with Gasteiger partial charge in [-0.3, -0.25) is 9.67 Å². The lowest BCUT2D eigenvalue weighted by Gasteiger charge is -2.25. The van der Waals surface area contributed by atoms with Gasteiger partial charge in [0.1, 0.15) is 6.33 Å². The van der Waals surface area contributed by atoms with Crippen LogP contribution in [0.3, 0.4) is 0 Å². The molecule has 1 aromatic carbocycles. The topological polar surface area (TPSA) is 75.9 Å². The molecule has 132 valence electrons. The van der Waals surface area contributed by atoms with Crippen molar-refractivity contribution in [1.29, 1.82) is 0 Å². The molecule has 3 heterocycles. The molecule has 26 heavy (non-hydrogen) atoms. The molecule has 1 saturated heterocycles. The number of urea groups is 1. The zero-order valence-electron chi connectivity index (χ0n) is 14.5. The lowest BCUT2D eigenvalue weighted by atomic mass is 10.1. The number of rotatable bonds is 3. The maximum atomic E-state index is 12.8. The second-order valence-corrected chi connectivity index (χ2v) is 6.38. The number of hydrogen-bond acceptors (Lipinski definition) is 4. The van der Waals surface area contributed by atoms with Crippen LogP contribution in [0.1, 0.15) is 24.4 Å². The standard InChI is InChI=1S/C19H20N6O/c1-24-13-21-18(23-24)15-4-2-5-16(12-15)22-19(26)25-11-3-6-17(25)14-7-9-20-10-8-14/h2,4-5,7-10,12-13,17H,3,6,11H2,1H3,(H,22,26). The van der Waals surface area contributed by atoms with E-state index in [4.69, 9.17) is 0 Å². The third kappa shape index (κ3) is 3.28. The predicted molar refractivity (Wildman–Crippen MR) is 98.4 cm³/mol. The highest BCUT2D eigenvalue weighted by molar-refractivity contribution is 5.90. The lowest BCUT2D eigenvalue weighted by molar-refractivity contribution is 0.207. The number of amides is 2. The van der Waals surface area contributed by atoms with Crippen LogP contribution in [0.15, 0.2) is 55.1 Å². The van der Waals surface area contributed by atoms with E-state index >= 15 is 0 Å². The third-order valence-corrected chi connectivity index (χ3v) is 4.58. The van der Waals surface area contributed by atoms with Crippen molar-refractivity contribution in [2.45, 2.75) is 18.9 Å². The summed E-state index contributed by atoms with van der Waals surface area (Å²) < 4.78 is 1.66. The summed E-state index contributed by atoms with van der Waals surface area (Å²) in [5.41, 5.74) is 2.73. The molecule has 1 fully saturated rings. The van der Waals surface area contributed by atoms with Gasteiger partial charge in [0.2, 0.25) is 0 Å². The fraction of sp³-hybridized carbons (Fsp3) is 0.263. The van der Waals surface area contributed by atoms with Gasteiger partial charge in [-0.25, -0.2) is 9.78 Å². The molecule has 0 bridgehead atoms. The Morgan fingerprint density at radius 1 is 1.23 bits per heavy atom. The summed E-state index contributed by atoms with van der Waals surface area (Å²) >= 11 is 0. The van der Waals surface area contributed by atoms with E-state index in [1.54, 1.807) is 23.4 Å². The molecular weight excluding hydrogens is 328 g/mol. The van der Waals surface area contributed by atoms with Crippen LogP contribution in [0.2, 0.25) is 0 Å². The number of pyridine rings is 1. The number of nitrogens with zero attached hydrogens (tertiary/aromatic N) is 5. The first-order valence-electron chi connectivity index (χ1n) is 8.64. The average Bonchev–Trinajstić information content (AvgIpc) is 3.32. The van der Waals surface area contributed by atoms with Gasteiger partial charge >= 0.3 is 6.03 Å². The Morgan fingerprint density at radius 3 is 2.85 bits per heavy atom. The first-order chi connectivity index (χ1) is 12.7. The van der Waals surface area contributed by atoms with Crippen LogP contribution in [0.25, 0.3) is 11.4 Å². The van der Waals surface area contributed by atoms with Crippen LogP contribution in [0.4, 0.5) is 10.5 Å². The molecule has 1 aliphatic rings. The van der Waals surface area contributed by atoms with Gasteiger partial charge in [-0.1, -0.05) is 12.1 Å². The quantitative estimate of drug-likeness (QED) is 0.788. The molecule has 2 aromatic heterocycles. The fourth-order valence-corrected chi connectivity index (χ4v) is 3.34. The van der Waals surface area contributed by atoms with Crippen molar-refractivity contribution in [2.75, 3.05) is 11.9 Å². The van der Waals surface area contributed by atoms with Crippen molar-refractivity contribution in [3.63, 3.8) is 0 Å². The predicted octanol–water partition coefficient (Wildman–Crippen LogP) is 3.25. The number of carbonyl (C=O) groups is 1. The van der Waals surface area contributed by atoms with Gasteiger partial charge in [0.15, 0.2) is 5.82 Å². The Bertz CT molecular complexity index is 907. The van der Waals surface area contributed by atoms with E-state index in [1.165, 1.54) is 0 Å². The minimum Gasteiger partial charge on any atom is -0.317 e. The number of aromatic nitrogens is 4. The Labute approximate surface area is 151 Å². The number of hydrogen-bond donors (Lipinski definition) is 1. The fourth-order valence-electron chi connectivity index (χ4n) is 3.34. The molecule has 7 heteroatoms. The van der Waals surface area contributed by atoms with Gasteiger partial charge in [-0.2, -0.15) is 5.10 Å². The van der Waals surface area contributed by atoms with Crippen molar-refractivity contribution in [2.24, 2.45) is 7.05 Å². The molecular formula is C19H20N6O. The van der Waals surface area contributed by atoms with E-state index in [0.29, 0.717) is 5.82 Å². The van der Waals surface area contributed by atoms with Gasteiger partial charge < -0.3 is 10.2 Å². The van der Waals surface area contributed by atoms with Crippen molar-refractivity contribution in [1.82, 2.24) is 24.6 Å². The van der Waals surface area contributed by atoms with Crippen LogP contribution >= 0.6 is 0 Å². The third-order valence-electron chi connectivity index (χ3n) is 4.58. The number of likely N-dealkylation sites (tertiary alicyclic amines) is 1. The molecule has 2 amide bonds. The number of anilines is 1. The minimum atomic E-state index is -0.0876. The summed E-state index contributed by atoms with van der Waals surface area (Å²) in [6.07, 6.45) is 7.16. The number of nitrogens with one attached hydrogen (secondary N) is 1. The highest BCUT2D eigenvalue weighted by Gasteiger charge is 2.29. The first-order valence-corrected chi connectivity index (χ1v) is 8.64. The van der Waals surface area contributed by atoms with Gasteiger partial charge in [0, 0.05) is 37.2 Å². The molecule has 3 aromatic rings. The average molecular weight is 348 g/mol. The molecule has 1 aliphatic heterocycles. The molecule has 0 aliphatic carbocycles. The number of benzene rings is 1. The van der Waals surface area contributed by atoms with Crippen LogP contribution in [-0.2, 0) is 7.05 Å². The zero-order valence-corrected chi connectivity index (χ0v) is 14.5. The molecule has 1 unspecified atom stereocenters. The Balaban J connectivity index is 1.51. The van der Waals surface area contributed by atoms with Gasteiger partial charge in [0.25, 0.3) is 0 Å². The van der Waals surface area contributed by atoms with Crippen LogP contribution < -0.4 is 5.32 Å². The van der Waals surface area contributed by atoms with Crippen LogP contribution in [0.5, 0.6) is 0 Å². The SMILES string of the molecule is Cn1cnc(-c2cccc(NC(=O)N3CCCC3c3ccncc3)c2)n1. The molecule has 0 radical (unpaired) electrons. The van der Waals surface area contributed by atoms with E-state index in [2.05, 4.69) is 20.4 Å². The summed E-state index contributed by atoms with van der Waals surface area (Å²) in [6.45, 7) is 0.750. The second-order valence-electron chi connectivity index (χ2n) is 6.38. The van der Waals surface area contributed by atoms with Crippen molar-refractivity contribution in [3.05, 3.63) is 60.7 Å². The Kier molecular flexibility index (Phi) is 4.35. The van der Waals surface area contributed by atoms with Crippen LogP contribution in [0, 0.1) is 0 Å². The molecule has 7 nitrogen and oxygen atoms in total. The molecule has 1 atom stereocenters. The van der Waals surface area contributed by atoms with Crippen LogP contribution in [-0.4, -0.2) is 37.2 Å². The number of aryl methyl sites for hydroxylation is 1. The molecule has 0 spiro atoms. The van der Waals surface area contributed by atoms with Crippen molar-refractivity contribution in [3.8, 4) is 11.4 Å². The summed E-state index contributed by atoms with van der Waals surface area (Å²) in [5, 5.41) is 7.32. The number of carbonyl (C=O) groups excluding carboxylic acids is 1. The maximum absolute atomic E-state index is 12.8. The molecule has 0 saturated carbocycles. The van der Waals surface area contributed by atoms with Crippen molar-refractivity contribution >= 4 is 11.7 Å². The monoisotopic (exact) mass is 348 g/mol. The van der Waals surface area contributed by atoms with E-state index in [1.807, 2.05) is 48.3 Å². The zero-order chi connectivity index (χ0) is 17.9. The van der Waals surface area contributed by atoms with Gasteiger partial charge in [0.05, 0.1) is 6.04 Å². The highest BCUT2D eigenvalue weighted by Crippen LogP contribution is 2.32. The summed E-state index contributed by atoms with van der Waals surface area (Å²) in [4.78, 5) is 23.0. The largest absolute Gasteiger partial charge is 0.322 e. The minimum absolute atomic E-state index is 0.0876. The van der Waals surface area contributed by atoms with E-state index in [-0.39, 0.29) is 12.1 Å².